The molecule has 0 fully saturated rings. The average Bonchev–Trinajstić information content (AvgIpc) is 2.39. The molecule has 0 saturated heterocycles. The average molecular weight is 239 g/mol. The fourth-order valence-corrected chi connectivity index (χ4v) is 1.80. The standard InChI is InChI=1S/C12H21N3O2/c1-5-12(2,17-4)11(15-13)9-6-10(16-3)8-14-7-9/h6-8,11,15H,5,13H2,1-4H3. The SMILES string of the molecule is CCC(C)(OC)C(NN)c1cncc(OC)c1. The lowest BCUT2D eigenvalue weighted by Crippen LogP contribution is -2.45. The number of ether oxygens (including phenoxy) is 2. The summed E-state index contributed by atoms with van der Waals surface area (Å²) in [6.45, 7) is 4.07. The number of aromatic nitrogens is 1. The zero-order chi connectivity index (χ0) is 12.9. The molecule has 0 amide bonds. The van der Waals surface area contributed by atoms with Gasteiger partial charge in [-0.15, -0.1) is 0 Å². The number of hydrazine groups is 1. The van der Waals surface area contributed by atoms with Crippen LogP contribution in [0.3, 0.4) is 0 Å². The van der Waals surface area contributed by atoms with E-state index >= 15 is 0 Å². The maximum Gasteiger partial charge on any atom is 0.137 e. The molecule has 5 heteroatoms. The summed E-state index contributed by atoms with van der Waals surface area (Å²) < 4.78 is 10.7. The summed E-state index contributed by atoms with van der Waals surface area (Å²) in [5, 5.41) is 0. The molecule has 1 rings (SSSR count). The first kappa shape index (κ1) is 13.9. The summed E-state index contributed by atoms with van der Waals surface area (Å²) in [6.07, 6.45) is 4.25. The van der Waals surface area contributed by atoms with Crippen LogP contribution in [-0.4, -0.2) is 24.8 Å². The predicted octanol–water partition coefficient (Wildman–Crippen LogP) is 1.41. The molecule has 0 spiro atoms. The van der Waals surface area contributed by atoms with Gasteiger partial charge in [-0.2, -0.15) is 0 Å². The minimum Gasteiger partial charge on any atom is -0.495 e. The second-order valence-corrected chi connectivity index (χ2v) is 4.13. The van der Waals surface area contributed by atoms with E-state index in [0.717, 1.165) is 12.0 Å². The molecule has 1 heterocycles. The van der Waals surface area contributed by atoms with Crippen LogP contribution in [0, 0.1) is 0 Å². The lowest BCUT2D eigenvalue weighted by atomic mass is 9.89. The number of hydrogen-bond acceptors (Lipinski definition) is 5. The van der Waals surface area contributed by atoms with Gasteiger partial charge in [-0.3, -0.25) is 16.3 Å². The van der Waals surface area contributed by atoms with E-state index in [4.69, 9.17) is 15.3 Å². The van der Waals surface area contributed by atoms with Crippen LogP contribution in [0.1, 0.15) is 31.9 Å². The van der Waals surface area contributed by atoms with Crippen molar-refractivity contribution in [2.24, 2.45) is 5.84 Å². The highest BCUT2D eigenvalue weighted by molar-refractivity contribution is 5.27. The maximum atomic E-state index is 5.63. The van der Waals surface area contributed by atoms with E-state index in [1.54, 1.807) is 26.6 Å². The molecule has 0 bridgehead atoms. The van der Waals surface area contributed by atoms with Crippen molar-refractivity contribution in [3.05, 3.63) is 24.0 Å². The van der Waals surface area contributed by atoms with E-state index in [2.05, 4.69) is 17.3 Å². The summed E-state index contributed by atoms with van der Waals surface area (Å²) in [5.41, 5.74) is 3.35. The van der Waals surface area contributed by atoms with Gasteiger partial charge in [-0.1, -0.05) is 6.92 Å². The van der Waals surface area contributed by atoms with Crippen molar-refractivity contribution < 1.29 is 9.47 Å². The number of hydrogen-bond donors (Lipinski definition) is 2. The lowest BCUT2D eigenvalue weighted by Gasteiger charge is -2.35. The van der Waals surface area contributed by atoms with Gasteiger partial charge in [0.1, 0.15) is 5.75 Å². The Morgan fingerprint density at radius 2 is 2.18 bits per heavy atom. The van der Waals surface area contributed by atoms with E-state index in [9.17, 15) is 0 Å². The van der Waals surface area contributed by atoms with Crippen molar-refractivity contribution in [2.45, 2.75) is 31.9 Å². The molecule has 2 unspecified atom stereocenters. The number of methoxy groups -OCH3 is 2. The van der Waals surface area contributed by atoms with Gasteiger partial charge < -0.3 is 9.47 Å². The second-order valence-electron chi connectivity index (χ2n) is 4.13. The number of rotatable bonds is 6. The van der Waals surface area contributed by atoms with Crippen molar-refractivity contribution >= 4 is 0 Å². The first-order chi connectivity index (χ1) is 8.11. The number of nitrogens with one attached hydrogen (secondary N) is 1. The quantitative estimate of drug-likeness (QED) is 0.580. The molecule has 1 aromatic rings. The van der Waals surface area contributed by atoms with Gasteiger partial charge in [0, 0.05) is 13.3 Å². The van der Waals surface area contributed by atoms with Crippen LogP contribution in [-0.2, 0) is 4.74 Å². The first-order valence-corrected chi connectivity index (χ1v) is 5.61. The van der Waals surface area contributed by atoms with E-state index in [-0.39, 0.29) is 11.6 Å². The molecule has 5 nitrogen and oxygen atoms in total. The predicted molar refractivity (Wildman–Crippen MR) is 66.6 cm³/mol. The van der Waals surface area contributed by atoms with Gasteiger partial charge in [0.2, 0.25) is 0 Å². The zero-order valence-electron chi connectivity index (χ0n) is 10.9. The molecule has 2 atom stereocenters. The molecule has 0 saturated carbocycles. The summed E-state index contributed by atoms with van der Waals surface area (Å²) in [7, 11) is 3.29. The summed E-state index contributed by atoms with van der Waals surface area (Å²) in [5.74, 6) is 6.34. The zero-order valence-corrected chi connectivity index (χ0v) is 10.9. The minimum atomic E-state index is -0.386. The van der Waals surface area contributed by atoms with Crippen molar-refractivity contribution in [3.63, 3.8) is 0 Å². The van der Waals surface area contributed by atoms with Crippen LogP contribution in [0.2, 0.25) is 0 Å². The van der Waals surface area contributed by atoms with E-state index < -0.39 is 0 Å². The normalized spacial score (nSPS) is 16.3. The summed E-state index contributed by atoms with van der Waals surface area (Å²) in [4.78, 5) is 4.13. The summed E-state index contributed by atoms with van der Waals surface area (Å²) in [6, 6.07) is 1.77. The Morgan fingerprint density at radius 1 is 1.47 bits per heavy atom. The highest BCUT2D eigenvalue weighted by Crippen LogP contribution is 2.31. The van der Waals surface area contributed by atoms with Crippen LogP contribution < -0.4 is 16.0 Å². The third-order valence-corrected chi connectivity index (χ3v) is 3.25. The molecule has 0 aromatic carbocycles. The second kappa shape index (κ2) is 5.95. The Hall–Kier alpha value is -1.17. The third kappa shape index (κ3) is 2.94. The van der Waals surface area contributed by atoms with Crippen LogP contribution in [0.25, 0.3) is 0 Å². The Kier molecular flexibility index (Phi) is 4.86. The van der Waals surface area contributed by atoms with Gasteiger partial charge in [0.25, 0.3) is 0 Å². The summed E-state index contributed by atoms with van der Waals surface area (Å²) >= 11 is 0. The van der Waals surface area contributed by atoms with Crippen LogP contribution >= 0.6 is 0 Å². The monoisotopic (exact) mass is 239 g/mol. The Balaban J connectivity index is 3.08. The molecule has 0 radical (unpaired) electrons. The Morgan fingerprint density at radius 3 is 2.65 bits per heavy atom. The first-order valence-electron chi connectivity index (χ1n) is 5.61. The van der Waals surface area contributed by atoms with Crippen LogP contribution in [0.15, 0.2) is 18.5 Å². The smallest absolute Gasteiger partial charge is 0.137 e. The van der Waals surface area contributed by atoms with Crippen molar-refractivity contribution in [1.82, 2.24) is 10.4 Å². The highest BCUT2D eigenvalue weighted by Gasteiger charge is 2.33. The topological polar surface area (TPSA) is 69.4 Å². The number of nitrogens with zero attached hydrogens (tertiary/aromatic N) is 1. The molecule has 96 valence electrons. The fraction of sp³-hybridized carbons (Fsp3) is 0.583. The molecule has 3 N–H and O–H groups in total. The van der Waals surface area contributed by atoms with Gasteiger partial charge in [-0.05, 0) is 25.0 Å². The van der Waals surface area contributed by atoms with Gasteiger partial charge in [-0.25, -0.2) is 0 Å². The largest absolute Gasteiger partial charge is 0.495 e. The maximum absolute atomic E-state index is 5.63. The van der Waals surface area contributed by atoms with Gasteiger partial charge in [0.15, 0.2) is 0 Å². The van der Waals surface area contributed by atoms with Gasteiger partial charge >= 0.3 is 0 Å². The minimum absolute atomic E-state index is 0.139. The van der Waals surface area contributed by atoms with Crippen molar-refractivity contribution in [1.29, 1.82) is 0 Å². The van der Waals surface area contributed by atoms with E-state index in [1.807, 2.05) is 13.0 Å². The molecule has 1 aromatic heterocycles. The molecule has 0 aliphatic heterocycles. The van der Waals surface area contributed by atoms with Crippen LogP contribution in [0.4, 0.5) is 0 Å². The molecule has 0 aliphatic rings. The Labute approximate surface area is 102 Å². The lowest BCUT2D eigenvalue weighted by molar-refractivity contribution is -0.0301. The molecular weight excluding hydrogens is 218 g/mol. The van der Waals surface area contributed by atoms with Crippen molar-refractivity contribution in [2.75, 3.05) is 14.2 Å². The van der Waals surface area contributed by atoms with Gasteiger partial charge in [0.05, 0.1) is 24.9 Å². The third-order valence-electron chi connectivity index (χ3n) is 3.25. The van der Waals surface area contributed by atoms with E-state index in [1.165, 1.54) is 0 Å². The Bertz CT molecular complexity index is 353. The molecule has 0 aliphatic carbocycles. The van der Waals surface area contributed by atoms with Crippen LogP contribution in [0.5, 0.6) is 5.75 Å². The van der Waals surface area contributed by atoms with E-state index in [0.29, 0.717) is 5.75 Å². The highest BCUT2D eigenvalue weighted by atomic mass is 16.5. The number of nitrogens with two attached hydrogens (primary N) is 1. The molecule has 17 heavy (non-hydrogen) atoms. The fourth-order valence-electron chi connectivity index (χ4n) is 1.80. The van der Waals surface area contributed by atoms with Crippen molar-refractivity contribution in [3.8, 4) is 5.75 Å². The number of pyridine rings is 1. The molecular formula is C12H21N3O2.